The van der Waals surface area contributed by atoms with Gasteiger partial charge in [-0.25, -0.2) is 4.79 Å². The first kappa shape index (κ1) is 17.1. The van der Waals surface area contributed by atoms with Crippen LogP contribution in [0.3, 0.4) is 0 Å². The van der Waals surface area contributed by atoms with Gasteiger partial charge in [-0.3, -0.25) is 0 Å². The molecule has 1 aromatic carbocycles. The van der Waals surface area contributed by atoms with Crippen LogP contribution < -0.4 is 5.32 Å². The van der Waals surface area contributed by atoms with Crippen molar-refractivity contribution in [1.29, 1.82) is 0 Å². The van der Waals surface area contributed by atoms with Crippen molar-refractivity contribution < 1.29 is 14.6 Å². The maximum absolute atomic E-state index is 12.6. The SMILES string of the molecule is Cc1cc(Cl)cc(C)c1NC(=O)N1CCOC[C@H]1C[C@@H](C)O. The number of amides is 2. The van der Waals surface area contributed by atoms with Crippen molar-refractivity contribution >= 4 is 23.3 Å². The average Bonchev–Trinajstić information content (AvgIpc) is 2.42. The van der Waals surface area contributed by atoms with Crippen LogP contribution in [0.4, 0.5) is 10.5 Å². The molecular formula is C16H23ClN2O3. The van der Waals surface area contributed by atoms with Gasteiger partial charge in [-0.15, -0.1) is 0 Å². The molecule has 6 heteroatoms. The average molecular weight is 327 g/mol. The predicted molar refractivity (Wildman–Crippen MR) is 87.6 cm³/mol. The number of aliphatic hydroxyl groups excluding tert-OH is 1. The molecule has 0 saturated carbocycles. The lowest BCUT2D eigenvalue weighted by molar-refractivity contribution is -0.00161. The molecule has 0 radical (unpaired) electrons. The molecule has 0 spiro atoms. The number of carbonyl (C=O) groups excluding carboxylic acids is 1. The summed E-state index contributed by atoms with van der Waals surface area (Å²) in [5, 5.41) is 13.2. The number of morpholine rings is 1. The molecule has 1 fully saturated rings. The summed E-state index contributed by atoms with van der Waals surface area (Å²) >= 11 is 6.02. The summed E-state index contributed by atoms with van der Waals surface area (Å²) in [6.45, 7) is 7.05. The zero-order valence-corrected chi connectivity index (χ0v) is 14.0. The lowest BCUT2D eigenvalue weighted by Crippen LogP contribution is -2.51. The van der Waals surface area contributed by atoms with E-state index in [1.165, 1.54) is 0 Å². The quantitative estimate of drug-likeness (QED) is 0.897. The number of ether oxygens (including phenoxy) is 1. The van der Waals surface area contributed by atoms with E-state index in [0.717, 1.165) is 16.8 Å². The van der Waals surface area contributed by atoms with E-state index >= 15 is 0 Å². The molecule has 122 valence electrons. The summed E-state index contributed by atoms with van der Waals surface area (Å²) in [5.41, 5.74) is 2.65. The monoisotopic (exact) mass is 326 g/mol. The molecule has 22 heavy (non-hydrogen) atoms. The standard InChI is InChI=1S/C16H23ClN2O3/c1-10-6-13(17)7-11(2)15(10)18-16(21)19-4-5-22-9-14(19)8-12(3)20/h6-7,12,14,20H,4-5,8-9H2,1-3H3,(H,18,21)/t12-,14-/m1/s1. The number of rotatable bonds is 3. The van der Waals surface area contributed by atoms with E-state index < -0.39 is 6.10 Å². The van der Waals surface area contributed by atoms with E-state index in [1.54, 1.807) is 11.8 Å². The van der Waals surface area contributed by atoms with Crippen molar-refractivity contribution in [3.63, 3.8) is 0 Å². The van der Waals surface area contributed by atoms with Gasteiger partial charge in [0.1, 0.15) is 0 Å². The van der Waals surface area contributed by atoms with Gasteiger partial charge >= 0.3 is 6.03 Å². The Bertz CT molecular complexity index is 525. The van der Waals surface area contributed by atoms with Crippen molar-refractivity contribution in [3.05, 3.63) is 28.3 Å². The van der Waals surface area contributed by atoms with E-state index in [2.05, 4.69) is 5.32 Å². The van der Waals surface area contributed by atoms with Crippen LogP contribution in [0.15, 0.2) is 12.1 Å². The van der Waals surface area contributed by atoms with Gasteiger partial charge in [0.25, 0.3) is 0 Å². The van der Waals surface area contributed by atoms with Crippen LogP contribution in [0.2, 0.25) is 5.02 Å². The molecule has 1 aromatic rings. The Balaban J connectivity index is 2.13. The number of carbonyl (C=O) groups is 1. The first-order valence-electron chi connectivity index (χ1n) is 7.48. The van der Waals surface area contributed by atoms with E-state index in [0.29, 0.717) is 31.2 Å². The number of halogens is 1. The molecule has 5 nitrogen and oxygen atoms in total. The number of hydrogen-bond acceptors (Lipinski definition) is 3. The zero-order chi connectivity index (χ0) is 16.3. The van der Waals surface area contributed by atoms with Gasteiger partial charge < -0.3 is 20.1 Å². The second kappa shape index (κ2) is 7.31. The summed E-state index contributed by atoms with van der Waals surface area (Å²) in [6.07, 6.45) is 0.0347. The van der Waals surface area contributed by atoms with Gasteiger partial charge in [-0.2, -0.15) is 0 Å². The Morgan fingerprint density at radius 2 is 2.14 bits per heavy atom. The third-order valence-electron chi connectivity index (χ3n) is 3.83. The minimum absolute atomic E-state index is 0.110. The van der Waals surface area contributed by atoms with Crippen molar-refractivity contribution in [2.24, 2.45) is 0 Å². The van der Waals surface area contributed by atoms with Crippen molar-refractivity contribution in [1.82, 2.24) is 4.90 Å². The van der Waals surface area contributed by atoms with Gasteiger partial charge in [-0.1, -0.05) is 11.6 Å². The second-order valence-electron chi connectivity index (χ2n) is 5.85. The van der Waals surface area contributed by atoms with Crippen molar-refractivity contribution in [2.75, 3.05) is 25.1 Å². The van der Waals surface area contributed by atoms with Crippen LogP contribution in [0, 0.1) is 13.8 Å². The fourth-order valence-corrected chi connectivity index (χ4v) is 3.13. The maximum Gasteiger partial charge on any atom is 0.322 e. The molecule has 1 aliphatic rings. The van der Waals surface area contributed by atoms with Crippen LogP contribution in [0.5, 0.6) is 0 Å². The van der Waals surface area contributed by atoms with Crippen molar-refractivity contribution in [2.45, 2.75) is 39.3 Å². The van der Waals surface area contributed by atoms with Gasteiger partial charge in [0.2, 0.25) is 0 Å². The number of aliphatic hydroxyl groups is 1. The molecule has 0 aromatic heterocycles. The van der Waals surface area contributed by atoms with E-state index in [9.17, 15) is 9.90 Å². The molecule has 1 aliphatic heterocycles. The largest absolute Gasteiger partial charge is 0.393 e. The fraction of sp³-hybridized carbons (Fsp3) is 0.562. The Morgan fingerprint density at radius 3 is 2.73 bits per heavy atom. The number of nitrogens with zero attached hydrogens (tertiary/aromatic N) is 1. The zero-order valence-electron chi connectivity index (χ0n) is 13.2. The number of nitrogens with one attached hydrogen (secondary N) is 1. The van der Waals surface area contributed by atoms with Gasteiger partial charge in [0.15, 0.2) is 0 Å². The summed E-state index contributed by atoms with van der Waals surface area (Å²) < 4.78 is 5.43. The molecule has 2 N–H and O–H groups in total. The van der Waals surface area contributed by atoms with E-state index in [-0.39, 0.29) is 12.1 Å². The lowest BCUT2D eigenvalue weighted by atomic mass is 10.1. The third-order valence-corrected chi connectivity index (χ3v) is 4.05. The summed E-state index contributed by atoms with van der Waals surface area (Å²) in [5.74, 6) is 0. The van der Waals surface area contributed by atoms with Gasteiger partial charge in [-0.05, 0) is 50.5 Å². The van der Waals surface area contributed by atoms with Crippen LogP contribution in [0.1, 0.15) is 24.5 Å². The first-order valence-corrected chi connectivity index (χ1v) is 7.86. The third kappa shape index (κ3) is 4.12. The highest BCUT2D eigenvalue weighted by atomic mass is 35.5. The van der Waals surface area contributed by atoms with Gasteiger partial charge in [0.05, 0.1) is 25.4 Å². The van der Waals surface area contributed by atoms with Crippen LogP contribution in [0.25, 0.3) is 0 Å². The molecule has 1 saturated heterocycles. The van der Waals surface area contributed by atoms with E-state index in [4.69, 9.17) is 16.3 Å². The minimum Gasteiger partial charge on any atom is -0.393 e. The molecule has 2 rings (SSSR count). The van der Waals surface area contributed by atoms with Crippen molar-refractivity contribution in [3.8, 4) is 0 Å². The molecule has 2 atom stereocenters. The Labute approximate surface area is 136 Å². The number of anilines is 1. The molecule has 0 unspecified atom stereocenters. The summed E-state index contributed by atoms with van der Waals surface area (Å²) in [7, 11) is 0. The molecule has 1 heterocycles. The minimum atomic E-state index is -0.471. The summed E-state index contributed by atoms with van der Waals surface area (Å²) in [6, 6.07) is 3.39. The highest BCUT2D eigenvalue weighted by molar-refractivity contribution is 6.30. The number of benzene rings is 1. The number of hydrogen-bond donors (Lipinski definition) is 2. The highest BCUT2D eigenvalue weighted by Gasteiger charge is 2.28. The Kier molecular flexibility index (Phi) is 5.67. The Morgan fingerprint density at radius 1 is 1.50 bits per heavy atom. The summed E-state index contributed by atoms with van der Waals surface area (Å²) in [4.78, 5) is 14.3. The van der Waals surface area contributed by atoms with Gasteiger partial charge in [0, 0.05) is 17.3 Å². The van der Waals surface area contributed by atoms with E-state index in [1.807, 2.05) is 26.0 Å². The smallest absolute Gasteiger partial charge is 0.322 e. The molecule has 2 amide bonds. The van der Waals surface area contributed by atoms with Crippen LogP contribution in [-0.2, 0) is 4.74 Å². The second-order valence-corrected chi connectivity index (χ2v) is 6.29. The molecular weight excluding hydrogens is 304 g/mol. The fourth-order valence-electron chi connectivity index (χ4n) is 2.80. The normalized spacial score (nSPS) is 19.9. The van der Waals surface area contributed by atoms with Crippen LogP contribution >= 0.6 is 11.6 Å². The topological polar surface area (TPSA) is 61.8 Å². The molecule has 0 aliphatic carbocycles. The van der Waals surface area contributed by atoms with Crippen LogP contribution in [-0.4, -0.2) is 47.9 Å². The lowest BCUT2D eigenvalue weighted by Gasteiger charge is -2.36. The first-order chi connectivity index (χ1) is 10.4. The maximum atomic E-state index is 12.6. The Hall–Kier alpha value is -1.30. The molecule has 0 bridgehead atoms. The predicted octanol–water partition coefficient (Wildman–Crippen LogP) is 2.96. The number of aryl methyl sites for hydroxylation is 2. The number of urea groups is 1. The highest BCUT2D eigenvalue weighted by Crippen LogP contribution is 2.25.